The number of halogens is 2. The van der Waals surface area contributed by atoms with Crippen LogP contribution in [0.3, 0.4) is 0 Å². The lowest BCUT2D eigenvalue weighted by atomic mass is 9.79. The highest BCUT2D eigenvalue weighted by atomic mass is 35.5. The van der Waals surface area contributed by atoms with Crippen LogP contribution in [0.1, 0.15) is 56.1 Å². The average Bonchev–Trinajstić information content (AvgIpc) is 3.49. The van der Waals surface area contributed by atoms with Gasteiger partial charge in [-0.3, -0.25) is 14.5 Å². The highest BCUT2D eigenvalue weighted by molar-refractivity contribution is 6.31. The van der Waals surface area contributed by atoms with E-state index in [0.717, 1.165) is 42.5 Å². The summed E-state index contributed by atoms with van der Waals surface area (Å²) in [5.74, 6) is 1.11. The molecular weight excluding hydrogens is 481 g/mol. The predicted molar refractivity (Wildman–Crippen MR) is 139 cm³/mol. The van der Waals surface area contributed by atoms with Crippen molar-refractivity contribution in [1.82, 2.24) is 10.2 Å². The summed E-state index contributed by atoms with van der Waals surface area (Å²) in [6.07, 6.45) is 8.32. The van der Waals surface area contributed by atoms with E-state index in [1.54, 1.807) is 0 Å². The third-order valence-corrected chi connectivity index (χ3v) is 9.25. The number of carbonyl (C=O) groups excluding carboxylic acids is 2. The van der Waals surface area contributed by atoms with Gasteiger partial charge in [0.05, 0.1) is 6.54 Å². The molecule has 3 aliphatic carbocycles. The second-order valence-electron chi connectivity index (χ2n) is 10.9. The van der Waals surface area contributed by atoms with Crippen LogP contribution >= 0.6 is 23.2 Å². The van der Waals surface area contributed by atoms with Gasteiger partial charge in [0.25, 0.3) is 0 Å². The van der Waals surface area contributed by atoms with Crippen LogP contribution in [0.25, 0.3) is 0 Å². The van der Waals surface area contributed by atoms with Crippen molar-refractivity contribution < 1.29 is 9.59 Å². The Balaban J connectivity index is 1.45. The number of nitrogens with zero attached hydrogens (tertiary/aromatic N) is 1. The molecule has 184 valence electrons. The van der Waals surface area contributed by atoms with Crippen LogP contribution in [-0.4, -0.2) is 35.3 Å². The minimum atomic E-state index is -1.00. The molecule has 2 bridgehead atoms. The fourth-order valence-corrected chi connectivity index (χ4v) is 7.33. The van der Waals surface area contributed by atoms with Gasteiger partial charge in [0.2, 0.25) is 11.8 Å². The molecule has 0 spiro atoms. The molecule has 1 heterocycles. The number of hydrogen-bond acceptors (Lipinski definition) is 3. The molecule has 2 N–H and O–H groups in total. The number of hydrogen-bond donors (Lipinski definition) is 2. The summed E-state index contributed by atoms with van der Waals surface area (Å²) in [7, 11) is 0. The summed E-state index contributed by atoms with van der Waals surface area (Å²) in [6.45, 7) is 0.209. The lowest BCUT2D eigenvalue weighted by molar-refractivity contribution is -0.136. The van der Waals surface area contributed by atoms with Crippen LogP contribution in [0.4, 0.5) is 5.69 Å². The number of anilines is 1. The number of nitrogens with one attached hydrogen (secondary N) is 2. The van der Waals surface area contributed by atoms with Crippen LogP contribution in [0.5, 0.6) is 0 Å². The lowest BCUT2D eigenvalue weighted by Crippen LogP contribution is -2.60. The number of amides is 2. The molecule has 1 aliphatic heterocycles. The van der Waals surface area contributed by atoms with Crippen LogP contribution in [0.15, 0.2) is 42.5 Å². The van der Waals surface area contributed by atoms with E-state index in [2.05, 4.69) is 15.5 Å². The maximum Gasteiger partial charge on any atom is 0.249 e. The van der Waals surface area contributed by atoms with Crippen molar-refractivity contribution in [2.45, 2.75) is 69.0 Å². The maximum absolute atomic E-state index is 14.1. The second-order valence-corrected chi connectivity index (χ2v) is 11.7. The van der Waals surface area contributed by atoms with Gasteiger partial charge in [0.15, 0.2) is 0 Å². The zero-order chi connectivity index (χ0) is 24.2. The van der Waals surface area contributed by atoms with E-state index in [1.165, 1.54) is 19.3 Å². The van der Waals surface area contributed by atoms with Crippen LogP contribution in [0.2, 0.25) is 10.0 Å². The van der Waals surface area contributed by atoms with E-state index in [9.17, 15) is 9.59 Å². The van der Waals surface area contributed by atoms with E-state index in [-0.39, 0.29) is 30.4 Å². The molecule has 0 radical (unpaired) electrons. The smallest absolute Gasteiger partial charge is 0.249 e. The average molecular weight is 512 g/mol. The first-order valence-electron chi connectivity index (χ1n) is 12.8. The van der Waals surface area contributed by atoms with Gasteiger partial charge in [-0.1, -0.05) is 47.8 Å². The summed E-state index contributed by atoms with van der Waals surface area (Å²) in [4.78, 5) is 29.7. The van der Waals surface area contributed by atoms with Gasteiger partial charge in [-0.2, -0.15) is 0 Å². The Morgan fingerprint density at radius 3 is 2.57 bits per heavy atom. The van der Waals surface area contributed by atoms with E-state index in [0.29, 0.717) is 28.3 Å². The minimum absolute atomic E-state index is 0.0122. The molecule has 35 heavy (non-hydrogen) atoms. The standard InChI is InChI=1S/C28H31Cl2N3O2/c29-20-4-1-3-18(12-20)15-28(23-10-9-21(30)14-24(23)32-27(28)35)33(16-26(34)31-22-5-2-6-22)25-13-17-7-8-19(25)11-17/h1,3-4,9-10,12,14,17,19,22,25H,2,5-8,11,13,15-16H2,(H,31,34)(H,32,35). The van der Waals surface area contributed by atoms with Crippen molar-refractivity contribution in [3.05, 3.63) is 63.6 Å². The first-order chi connectivity index (χ1) is 16.9. The lowest BCUT2D eigenvalue weighted by Gasteiger charge is -2.46. The molecule has 2 aromatic carbocycles. The molecule has 6 rings (SSSR count). The van der Waals surface area contributed by atoms with E-state index < -0.39 is 5.54 Å². The Labute approximate surface area is 216 Å². The zero-order valence-electron chi connectivity index (χ0n) is 19.7. The first kappa shape index (κ1) is 23.3. The molecular formula is C28H31Cl2N3O2. The van der Waals surface area contributed by atoms with Gasteiger partial charge in [-0.25, -0.2) is 0 Å². The number of benzene rings is 2. The molecule has 4 aliphatic rings. The highest BCUT2D eigenvalue weighted by Gasteiger charge is 2.57. The van der Waals surface area contributed by atoms with Gasteiger partial charge in [0, 0.05) is 39.8 Å². The SMILES string of the molecule is O=C(CN(C1CC2CCC1C2)C1(Cc2cccc(Cl)c2)C(=O)Nc2cc(Cl)ccc21)NC1CCC1. The van der Waals surface area contributed by atoms with Crippen LogP contribution in [0, 0.1) is 11.8 Å². The molecule has 0 aromatic heterocycles. The van der Waals surface area contributed by atoms with Crippen molar-refractivity contribution in [3.8, 4) is 0 Å². The molecule has 3 saturated carbocycles. The minimum Gasteiger partial charge on any atom is -0.352 e. The Morgan fingerprint density at radius 1 is 1.06 bits per heavy atom. The van der Waals surface area contributed by atoms with Gasteiger partial charge in [-0.15, -0.1) is 0 Å². The van der Waals surface area contributed by atoms with Crippen molar-refractivity contribution >= 4 is 40.7 Å². The van der Waals surface area contributed by atoms with Gasteiger partial charge in [0.1, 0.15) is 5.54 Å². The fraction of sp³-hybridized carbons (Fsp3) is 0.500. The molecule has 5 nitrogen and oxygen atoms in total. The largest absolute Gasteiger partial charge is 0.352 e. The Hall–Kier alpha value is -2.08. The van der Waals surface area contributed by atoms with Crippen molar-refractivity contribution in [2.24, 2.45) is 11.8 Å². The van der Waals surface area contributed by atoms with E-state index in [4.69, 9.17) is 23.2 Å². The topological polar surface area (TPSA) is 61.4 Å². The number of carbonyl (C=O) groups is 2. The maximum atomic E-state index is 14.1. The Bertz CT molecular complexity index is 1170. The summed E-state index contributed by atoms with van der Waals surface area (Å²) in [5, 5.41) is 7.56. The quantitative estimate of drug-likeness (QED) is 0.512. The zero-order valence-corrected chi connectivity index (χ0v) is 21.2. The van der Waals surface area contributed by atoms with E-state index in [1.807, 2.05) is 42.5 Å². The highest BCUT2D eigenvalue weighted by Crippen LogP contribution is 2.52. The third kappa shape index (κ3) is 4.16. The molecule has 0 saturated heterocycles. The molecule has 4 unspecified atom stereocenters. The fourth-order valence-electron chi connectivity index (χ4n) is 6.94. The normalized spacial score (nSPS) is 29.2. The third-order valence-electron chi connectivity index (χ3n) is 8.78. The monoisotopic (exact) mass is 511 g/mol. The summed E-state index contributed by atoms with van der Waals surface area (Å²) < 4.78 is 0. The molecule has 3 fully saturated rings. The number of rotatable bonds is 7. The van der Waals surface area contributed by atoms with Crippen molar-refractivity contribution in [3.63, 3.8) is 0 Å². The summed E-state index contributed by atoms with van der Waals surface area (Å²) >= 11 is 12.7. The van der Waals surface area contributed by atoms with Gasteiger partial charge >= 0.3 is 0 Å². The van der Waals surface area contributed by atoms with E-state index >= 15 is 0 Å². The van der Waals surface area contributed by atoms with Crippen LogP contribution < -0.4 is 10.6 Å². The first-order valence-corrected chi connectivity index (χ1v) is 13.6. The predicted octanol–water partition coefficient (Wildman–Crippen LogP) is 5.54. The van der Waals surface area contributed by atoms with Gasteiger partial charge < -0.3 is 10.6 Å². The number of fused-ring (bicyclic) bond motifs is 3. The van der Waals surface area contributed by atoms with Gasteiger partial charge in [-0.05, 0) is 80.2 Å². The molecule has 4 atom stereocenters. The second kappa shape index (κ2) is 9.10. The Morgan fingerprint density at radius 2 is 1.89 bits per heavy atom. The molecule has 2 amide bonds. The van der Waals surface area contributed by atoms with Crippen molar-refractivity contribution in [2.75, 3.05) is 11.9 Å². The Kier molecular flexibility index (Phi) is 6.06. The summed E-state index contributed by atoms with van der Waals surface area (Å²) in [5.41, 5.74) is 1.60. The molecule has 2 aromatic rings. The molecule has 7 heteroatoms. The summed E-state index contributed by atoms with van der Waals surface area (Å²) in [6, 6.07) is 13.8. The van der Waals surface area contributed by atoms with Crippen molar-refractivity contribution in [1.29, 1.82) is 0 Å². The van der Waals surface area contributed by atoms with Crippen LogP contribution in [-0.2, 0) is 21.5 Å².